The summed E-state index contributed by atoms with van der Waals surface area (Å²) in [6.07, 6.45) is 6.04. The second-order valence-corrected chi connectivity index (χ2v) is 9.58. The summed E-state index contributed by atoms with van der Waals surface area (Å²) >= 11 is 0. The highest BCUT2D eigenvalue weighted by Gasteiger charge is 2.26. The van der Waals surface area contributed by atoms with Crippen LogP contribution in [0.25, 0.3) is 6.08 Å². The van der Waals surface area contributed by atoms with Crippen LogP contribution in [-0.2, 0) is 17.8 Å². The Morgan fingerprint density at radius 2 is 1.97 bits per heavy atom. The van der Waals surface area contributed by atoms with Crippen molar-refractivity contribution in [1.82, 2.24) is 20.2 Å². The van der Waals surface area contributed by atoms with Crippen molar-refractivity contribution in [3.63, 3.8) is 0 Å². The third-order valence-corrected chi connectivity index (χ3v) is 5.83. The van der Waals surface area contributed by atoms with Gasteiger partial charge in [-0.3, -0.25) is 29.5 Å². The minimum Gasteiger partial charge on any atom is -0.299 e. The van der Waals surface area contributed by atoms with Crippen LogP contribution < -0.4 is 11.0 Å². The van der Waals surface area contributed by atoms with Crippen LogP contribution in [0.4, 0.5) is 0 Å². The second-order valence-electron chi connectivity index (χ2n) is 9.58. The maximum atomic E-state index is 12.7. The molecule has 1 amide bonds. The molecule has 1 aromatic carbocycles. The number of nitrogens with zero attached hydrogens (tertiary/aromatic N) is 2. The SMILES string of the molecule is Cc1c(CC(C)(C)C)[nH]n(CCN2CCC[C@H]2c2ccc(C=CC(=O)NO)cc2)c1=O. The highest BCUT2D eigenvalue weighted by atomic mass is 16.5. The molecule has 0 bridgehead atoms. The number of H-pyrrole nitrogens is 1. The summed E-state index contributed by atoms with van der Waals surface area (Å²) in [5.41, 5.74) is 5.80. The number of hydrogen-bond acceptors (Lipinski definition) is 4. The van der Waals surface area contributed by atoms with Crippen molar-refractivity contribution in [2.75, 3.05) is 13.1 Å². The van der Waals surface area contributed by atoms with Crippen molar-refractivity contribution in [2.45, 2.75) is 59.5 Å². The summed E-state index contributed by atoms with van der Waals surface area (Å²) in [7, 11) is 0. The zero-order valence-electron chi connectivity index (χ0n) is 18.9. The Morgan fingerprint density at radius 1 is 1.26 bits per heavy atom. The van der Waals surface area contributed by atoms with Crippen LogP contribution in [0.3, 0.4) is 0 Å². The summed E-state index contributed by atoms with van der Waals surface area (Å²) in [5, 5.41) is 11.9. The Bertz CT molecular complexity index is 980. The molecule has 168 valence electrons. The van der Waals surface area contributed by atoms with E-state index < -0.39 is 5.91 Å². The van der Waals surface area contributed by atoms with Gasteiger partial charge in [-0.15, -0.1) is 0 Å². The summed E-state index contributed by atoms with van der Waals surface area (Å²) < 4.78 is 1.76. The highest BCUT2D eigenvalue weighted by Crippen LogP contribution is 2.32. The van der Waals surface area contributed by atoms with Crippen LogP contribution in [0.15, 0.2) is 35.1 Å². The minimum atomic E-state index is -0.550. The molecular weight excluding hydrogens is 392 g/mol. The van der Waals surface area contributed by atoms with Crippen LogP contribution in [0.1, 0.15) is 62.0 Å². The van der Waals surface area contributed by atoms with Crippen molar-refractivity contribution in [3.05, 3.63) is 63.1 Å². The fourth-order valence-corrected chi connectivity index (χ4v) is 4.23. The van der Waals surface area contributed by atoms with Gasteiger partial charge in [-0.1, -0.05) is 45.0 Å². The number of amides is 1. The van der Waals surface area contributed by atoms with Crippen LogP contribution in [0.2, 0.25) is 0 Å². The second kappa shape index (κ2) is 9.66. The molecule has 2 aromatic rings. The van der Waals surface area contributed by atoms with Gasteiger partial charge in [0.2, 0.25) is 0 Å². The van der Waals surface area contributed by atoms with Gasteiger partial charge >= 0.3 is 0 Å². The molecule has 1 aliphatic heterocycles. The summed E-state index contributed by atoms with van der Waals surface area (Å²) in [4.78, 5) is 26.2. The number of carbonyl (C=O) groups is 1. The Hall–Kier alpha value is -2.64. The molecule has 1 aromatic heterocycles. The number of likely N-dealkylation sites (tertiary alicyclic amines) is 1. The number of hydroxylamine groups is 1. The highest BCUT2D eigenvalue weighted by molar-refractivity contribution is 5.90. The van der Waals surface area contributed by atoms with Gasteiger partial charge in [-0.05, 0) is 55.3 Å². The summed E-state index contributed by atoms with van der Waals surface area (Å²) in [5.74, 6) is -0.550. The molecule has 1 atom stereocenters. The van der Waals surface area contributed by atoms with Gasteiger partial charge in [0.15, 0.2) is 0 Å². The van der Waals surface area contributed by atoms with E-state index in [0.717, 1.165) is 49.2 Å². The molecule has 1 fully saturated rings. The van der Waals surface area contributed by atoms with Crippen molar-refractivity contribution < 1.29 is 10.0 Å². The molecule has 0 spiro atoms. The van der Waals surface area contributed by atoms with Gasteiger partial charge < -0.3 is 0 Å². The first kappa shape index (κ1) is 23.0. The molecule has 31 heavy (non-hydrogen) atoms. The van der Waals surface area contributed by atoms with E-state index in [9.17, 15) is 9.59 Å². The number of rotatable bonds is 7. The van der Waals surface area contributed by atoms with Gasteiger partial charge in [0.25, 0.3) is 11.5 Å². The average molecular weight is 427 g/mol. The molecule has 7 nitrogen and oxygen atoms in total. The number of hydrogen-bond donors (Lipinski definition) is 3. The first-order valence-corrected chi connectivity index (χ1v) is 10.9. The van der Waals surface area contributed by atoms with Gasteiger partial charge in [0, 0.05) is 29.9 Å². The maximum absolute atomic E-state index is 12.7. The lowest BCUT2D eigenvalue weighted by molar-refractivity contribution is -0.124. The van der Waals surface area contributed by atoms with Gasteiger partial charge in [-0.25, -0.2) is 5.48 Å². The molecular formula is C24H34N4O3. The Morgan fingerprint density at radius 3 is 2.61 bits per heavy atom. The lowest BCUT2D eigenvalue weighted by Crippen LogP contribution is -2.30. The van der Waals surface area contributed by atoms with E-state index in [4.69, 9.17) is 5.21 Å². The van der Waals surface area contributed by atoms with E-state index >= 15 is 0 Å². The molecule has 0 aliphatic carbocycles. The van der Waals surface area contributed by atoms with E-state index in [1.807, 2.05) is 19.1 Å². The molecule has 0 unspecified atom stereocenters. The van der Waals surface area contributed by atoms with Crippen LogP contribution in [0, 0.1) is 12.3 Å². The Balaban J connectivity index is 1.65. The van der Waals surface area contributed by atoms with Gasteiger partial charge in [0.1, 0.15) is 0 Å². The van der Waals surface area contributed by atoms with E-state index in [1.165, 1.54) is 11.6 Å². The van der Waals surface area contributed by atoms with Crippen LogP contribution in [-0.4, -0.2) is 38.9 Å². The topological polar surface area (TPSA) is 90.4 Å². The van der Waals surface area contributed by atoms with E-state index in [0.29, 0.717) is 12.6 Å². The lowest BCUT2D eigenvalue weighted by Gasteiger charge is -2.25. The molecule has 1 saturated heterocycles. The number of benzene rings is 1. The van der Waals surface area contributed by atoms with Crippen molar-refractivity contribution in [1.29, 1.82) is 0 Å². The normalized spacial score (nSPS) is 17.5. The first-order chi connectivity index (χ1) is 14.7. The van der Waals surface area contributed by atoms with Crippen LogP contribution in [0.5, 0.6) is 0 Å². The third kappa shape index (κ3) is 5.95. The zero-order valence-corrected chi connectivity index (χ0v) is 18.9. The van der Waals surface area contributed by atoms with Gasteiger partial charge in [0.05, 0.1) is 6.54 Å². The van der Waals surface area contributed by atoms with Crippen molar-refractivity contribution in [2.24, 2.45) is 5.41 Å². The first-order valence-electron chi connectivity index (χ1n) is 10.9. The molecule has 0 saturated carbocycles. The molecule has 7 heteroatoms. The minimum absolute atomic E-state index is 0.0815. The third-order valence-electron chi connectivity index (χ3n) is 5.83. The number of aromatic amines is 1. The average Bonchev–Trinajstić information content (AvgIpc) is 3.30. The summed E-state index contributed by atoms with van der Waals surface area (Å²) in [6, 6.07) is 8.46. The maximum Gasteiger partial charge on any atom is 0.269 e. The fourth-order valence-electron chi connectivity index (χ4n) is 4.23. The number of carbonyl (C=O) groups excluding carboxylic acids is 1. The van der Waals surface area contributed by atoms with E-state index in [2.05, 4.69) is 42.9 Å². The summed E-state index contributed by atoms with van der Waals surface area (Å²) in [6.45, 7) is 10.9. The monoisotopic (exact) mass is 426 g/mol. The zero-order chi connectivity index (χ0) is 22.6. The predicted molar refractivity (Wildman–Crippen MR) is 122 cm³/mol. The lowest BCUT2D eigenvalue weighted by atomic mass is 9.89. The molecule has 1 aliphatic rings. The van der Waals surface area contributed by atoms with E-state index in [1.54, 1.807) is 16.2 Å². The quantitative estimate of drug-likeness (QED) is 0.359. The number of nitrogens with one attached hydrogen (secondary N) is 2. The van der Waals surface area contributed by atoms with Crippen molar-refractivity contribution >= 4 is 12.0 Å². The van der Waals surface area contributed by atoms with Crippen LogP contribution >= 0.6 is 0 Å². The smallest absolute Gasteiger partial charge is 0.269 e. The fraction of sp³-hybridized carbons (Fsp3) is 0.500. The standard InChI is InChI=1S/C24H34N4O3/c1-17-20(16-24(2,3)4)25-28(23(17)30)15-14-27-13-5-6-21(27)19-10-7-18(8-11-19)9-12-22(29)26-31/h7-12,21,25,31H,5-6,13-16H2,1-4H3,(H,26,29)/t21-/m0/s1. The molecule has 0 radical (unpaired) electrons. The predicted octanol–water partition coefficient (Wildman–Crippen LogP) is 3.43. The molecule has 2 heterocycles. The van der Waals surface area contributed by atoms with Gasteiger partial charge in [-0.2, -0.15) is 0 Å². The number of aromatic nitrogens is 2. The molecule has 3 rings (SSSR count). The Kier molecular flexibility index (Phi) is 7.18. The molecule has 3 N–H and O–H groups in total. The van der Waals surface area contributed by atoms with Crippen molar-refractivity contribution in [3.8, 4) is 0 Å². The Labute approximate surface area is 183 Å². The van der Waals surface area contributed by atoms with E-state index in [-0.39, 0.29) is 11.0 Å². The largest absolute Gasteiger partial charge is 0.299 e.